The van der Waals surface area contributed by atoms with E-state index < -0.39 is 23.5 Å². The third kappa shape index (κ3) is 3.79. The highest BCUT2D eigenvalue weighted by Gasteiger charge is 2.44. The summed E-state index contributed by atoms with van der Waals surface area (Å²) < 4.78 is 9.35. The van der Waals surface area contributed by atoms with Gasteiger partial charge in [0.15, 0.2) is 5.41 Å². The molecule has 0 aromatic carbocycles. The summed E-state index contributed by atoms with van der Waals surface area (Å²) in [5, 5.41) is 18.4. The van der Waals surface area contributed by atoms with Crippen LogP contribution in [0.1, 0.15) is 20.3 Å². The predicted octanol–water partition coefficient (Wildman–Crippen LogP) is 0.0378. The van der Waals surface area contributed by atoms with Crippen LogP contribution in [0, 0.1) is 5.41 Å². The summed E-state index contributed by atoms with van der Waals surface area (Å²) in [5.41, 5.74) is -1.74. The van der Waals surface area contributed by atoms with Crippen molar-refractivity contribution in [3.63, 3.8) is 0 Å². The maximum atomic E-state index is 11.5. The molecule has 0 aliphatic carbocycles. The molecular formula is C10H18O6. The second kappa shape index (κ2) is 6.44. The summed E-state index contributed by atoms with van der Waals surface area (Å²) in [7, 11) is 1.38. The molecule has 0 radical (unpaired) electrons. The molecule has 0 saturated carbocycles. The molecule has 2 unspecified atom stereocenters. The summed E-state index contributed by atoms with van der Waals surface area (Å²) in [6, 6.07) is 0. The molecule has 0 saturated heterocycles. The maximum Gasteiger partial charge on any atom is 0.323 e. The van der Waals surface area contributed by atoms with Crippen molar-refractivity contribution in [2.24, 2.45) is 5.41 Å². The third-order valence-corrected chi connectivity index (χ3v) is 2.20. The Bertz CT molecular complexity index is 252. The number of aliphatic hydroxyl groups excluding tert-OH is 1. The average Bonchev–Trinajstić information content (AvgIpc) is 2.17. The van der Waals surface area contributed by atoms with E-state index in [1.54, 1.807) is 6.92 Å². The van der Waals surface area contributed by atoms with E-state index in [1.165, 1.54) is 14.0 Å². The number of rotatable bonds is 7. The van der Waals surface area contributed by atoms with Crippen LogP contribution in [0.25, 0.3) is 0 Å². The van der Waals surface area contributed by atoms with Crippen LogP contribution >= 0.6 is 0 Å². The number of carboxylic acid groups (broad SMARTS) is 1. The number of hydrogen-bond donors (Lipinski definition) is 2. The van der Waals surface area contributed by atoms with Gasteiger partial charge in [-0.1, -0.05) is 0 Å². The lowest BCUT2D eigenvalue weighted by molar-refractivity contribution is -0.170. The van der Waals surface area contributed by atoms with Gasteiger partial charge in [-0.2, -0.15) is 0 Å². The van der Waals surface area contributed by atoms with Crippen LogP contribution in [0.2, 0.25) is 0 Å². The minimum absolute atomic E-state index is 0.0255. The Labute approximate surface area is 94.2 Å². The largest absolute Gasteiger partial charge is 0.480 e. The number of carboxylic acids is 1. The lowest BCUT2D eigenvalue weighted by Crippen LogP contribution is -2.41. The van der Waals surface area contributed by atoms with E-state index in [2.05, 4.69) is 9.47 Å². The summed E-state index contributed by atoms with van der Waals surface area (Å²) in [4.78, 5) is 22.5. The van der Waals surface area contributed by atoms with Gasteiger partial charge in [0, 0.05) is 13.5 Å². The predicted molar refractivity (Wildman–Crippen MR) is 54.9 cm³/mol. The van der Waals surface area contributed by atoms with E-state index in [4.69, 9.17) is 5.11 Å². The fourth-order valence-corrected chi connectivity index (χ4v) is 1.27. The minimum atomic E-state index is -1.74. The van der Waals surface area contributed by atoms with Crippen molar-refractivity contribution in [1.82, 2.24) is 0 Å². The zero-order valence-electron chi connectivity index (χ0n) is 9.73. The zero-order chi connectivity index (χ0) is 12.8. The highest BCUT2D eigenvalue weighted by atomic mass is 16.5. The molecule has 2 N–H and O–H groups in total. The van der Waals surface area contributed by atoms with Crippen molar-refractivity contribution >= 4 is 11.9 Å². The van der Waals surface area contributed by atoms with E-state index in [-0.39, 0.29) is 19.6 Å². The van der Waals surface area contributed by atoms with Crippen LogP contribution in [0.15, 0.2) is 0 Å². The first-order chi connectivity index (χ1) is 7.38. The van der Waals surface area contributed by atoms with Gasteiger partial charge < -0.3 is 19.7 Å². The van der Waals surface area contributed by atoms with Gasteiger partial charge in [-0.25, -0.2) is 0 Å². The number of carbonyl (C=O) groups excluding carboxylic acids is 1. The van der Waals surface area contributed by atoms with Gasteiger partial charge in [-0.05, 0) is 13.8 Å². The summed E-state index contributed by atoms with van der Waals surface area (Å²) in [6.45, 7) is 2.89. The van der Waals surface area contributed by atoms with Crippen LogP contribution in [0.3, 0.4) is 0 Å². The Hall–Kier alpha value is -1.14. The topological polar surface area (TPSA) is 93.1 Å². The van der Waals surface area contributed by atoms with Crippen molar-refractivity contribution in [3.05, 3.63) is 0 Å². The standard InChI is InChI=1S/C10H18O6/c1-4-16-9(14)10(2,8(12)13)5-7(11)6-15-3/h7,11H,4-6H2,1-3H3,(H,12,13). The van der Waals surface area contributed by atoms with Crippen molar-refractivity contribution in [1.29, 1.82) is 0 Å². The Morgan fingerprint density at radius 2 is 2.00 bits per heavy atom. The fourth-order valence-electron chi connectivity index (χ4n) is 1.27. The number of aliphatic carboxylic acids is 1. The molecule has 0 rings (SSSR count). The Morgan fingerprint density at radius 3 is 2.38 bits per heavy atom. The second-order valence-corrected chi connectivity index (χ2v) is 3.67. The molecule has 16 heavy (non-hydrogen) atoms. The maximum absolute atomic E-state index is 11.5. The molecule has 0 spiro atoms. The number of hydrogen-bond acceptors (Lipinski definition) is 5. The summed E-state index contributed by atoms with van der Waals surface area (Å²) >= 11 is 0. The van der Waals surface area contributed by atoms with Crippen LogP contribution < -0.4 is 0 Å². The lowest BCUT2D eigenvalue weighted by atomic mass is 9.84. The molecule has 6 heteroatoms. The minimum Gasteiger partial charge on any atom is -0.480 e. The van der Waals surface area contributed by atoms with Gasteiger partial charge >= 0.3 is 11.9 Å². The van der Waals surface area contributed by atoms with Gasteiger partial charge in [0.2, 0.25) is 0 Å². The van der Waals surface area contributed by atoms with Gasteiger partial charge in [0.25, 0.3) is 0 Å². The number of methoxy groups -OCH3 is 1. The highest BCUT2D eigenvalue weighted by Crippen LogP contribution is 2.26. The van der Waals surface area contributed by atoms with Crippen LogP contribution in [-0.4, -0.2) is 48.6 Å². The lowest BCUT2D eigenvalue weighted by Gasteiger charge is -2.24. The number of esters is 1. The van der Waals surface area contributed by atoms with Crippen molar-refractivity contribution in [3.8, 4) is 0 Å². The van der Waals surface area contributed by atoms with Crippen LogP contribution in [0.4, 0.5) is 0 Å². The highest BCUT2D eigenvalue weighted by molar-refractivity contribution is 5.98. The first-order valence-electron chi connectivity index (χ1n) is 4.96. The van der Waals surface area contributed by atoms with Gasteiger partial charge in [0.05, 0.1) is 19.3 Å². The Kier molecular flexibility index (Phi) is 5.98. The monoisotopic (exact) mass is 234 g/mol. The van der Waals surface area contributed by atoms with Crippen LogP contribution in [-0.2, 0) is 19.1 Å². The summed E-state index contributed by atoms with van der Waals surface area (Å²) in [6.07, 6.45) is -1.26. The molecule has 94 valence electrons. The van der Waals surface area contributed by atoms with E-state index in [0.29, 0.717) is 0 Å². The number of carbonyl (C=O) groups is 2. The van der Waals surface area contributed by atoms with Crippen molar-refractivity contribution < 1.29 is 29.3 Å². The Morgan fingerprint density at radius 1 is 1.44 bits per heavy atom. The first kappa shape index (κ1) is 14.9. The van der Waals surface area contributed by atoms with Gasteiger partial charge in [-0.3, -0.25) is 9.59 Å². The van der Waals surface area contributed by atoms with E-state index >= 15 is 0 Å². The summed E-state index contributed by atoms with van der Waals surface area (Å²) in [5.74, 6) is -2.17. The molecule has 0 amide bonds. The Balaban J connectivity index is 4.69. The van der Waals surface area contributed by atoms with Gasteiger partial charge in [-0.15, -0.1) is 0 Å². The van der Waals surface area contributed by atoms with Gasteiger partial charge in [0.1, 0.15) is 0 Å². The van der Waals surface area contributed by atoms with Crippen LogP contribution in [0.5, 0.6) is 0 Å². The molecule has 0 aliphatic heterocycles. The average molecular weight is 234 g/mol. The molecule has 0 fully saturated rings. The van der Waals surface area contributed by atoms with Crippen molar-refractivity contribution in [2.75, 3.05) is 20.3 Å². The van der Waals surface area contributed by atoms with Crippen molar-refractivity contribution in [2.45, 2.75) is 26.4 Å². The van der Waals surface area contributed by atoms with E-state index in [1.807, 2.05) is 0 Å². The number of ether oxygens (including phenoxy) is 2. The molecule has 0 heterocycles. The number of aliphatic hydroxyl groups is 1. The second-order valence-electron chi connectivity index (χ2n) is 3.67. The quantitative estimate of drug-likeness (QED) is 0.477. The first-order valence-corrected chi connectivity index (χ1v) is 4.96. The van der Waals surface area contributed by atoms with E-state index in [9.17, 15) is 14.7 Å². The molecule has 2 atom stereocenters. The SMILES string of the molecule is CCOC(=O)C(C)(CC(O)COC)C(=O)O. The molecule has 0 aliphatic rings. The zero-order valence-corrected chi connectivity index (χ0v) is 9.73. The molecule has 0 aromatic rings. The fraction of sp³-hybridized carbons (Fsp3) is 0.800. The smallest absolute Gasteiger partial charge is 0.323 e. The molecule has 6 nitrogen and oxygen atoms in total. The van der Waals surface area contributed by atoms with E-state index in [0.717, 1.165) is 0 Å². The molecule has 0 aromatic heterocycles. The molecular weight excluding hydrogens is 216 g/mol. The molecule has 0 bridgehead atoms. The third-order valence-electron chi connectivity index (χ3n) is 2.20. The normalized spacial score (nSPS) is 16.2.